The molecule has 0 radical (unpaired) electrons. The summed E-state index contributed by atoms with van der Waals surface area (Å²) < 4.78 is 1.91. The Morgan fingerprint density at radius 2 is 2.04 bits per heavy atom. The van der Waals surface area contributed by atoms with Crippen molar-refractivity contribution in [2.75, 3.05) is 27.2 Å². The Morgan fingerprint density at radius 3 is 2.69 bits per heavy atom. The van der Waals surface area contributed by atoms with Crippen molar-refractivity contribution < 1.29 is 4.79 Å². The number of carbonyl (C=O) groups excluding carboxylic acids is 1. The zero-order chi connectivity index (χ0) is 18.8. The van der Waals surface area contributed by atoms with E-state index in [1.807, 2.05) is 61.8 Å². The molecule has 0 aliphatic carbocycles. The number of fused-ring (bicyclic) bond motifs is 1. The molecule has 0 bridgehead atoms. The minimum Gasteiger partial charge on any atom is -0.348 e. The molecule has 0 fully saturated rings. The number of benzene rings is 1. The molecule has 0 aliphatic rings. The van der Waals surface area contributed by atoms with Gasteiger partial charge in [-0.2, -0.15) is 0 Å². The molecule has 2 heterocycles. The molecule has 0 atom stereocenters. The molecule has 138 valence electrons. The Labute approximate surface area is 158 Å². The van der Waals surface area contributed by atoms with Crippen LogP contribution >= 0.6 is 11.6 Å². The number of carbonyl (C=O) groups is 1. The van der Waals surface area contributed by atoms with Crippen LogP contribution in [0.5, 0.6) is 0 Å². The highest BCUT2D eigenvalue weighted by Crippen LogP contribution is 2.24. The van der Waals surface area contributed by atoms with Crippen molar-refractivity contribution in [3.05, 3.63) is 52.7 Å². The van der Waals surface area contributed by atoms with Gasteiger partial charge in [-0.3, -0.25) is 4.79 Å². The first kappa shape index (κ1) is 18.5. The molecule has 2 aromatic heterocycles. The first-order chi connectivity index (χ1) is 12.4. The summed E-state index contributed by atoms with van der Waals surface area (Å²) in [4.78, 5) is 24.6. The molecular weight excluding hydrogens is 350 g/mol. The van der Waals surface area contributed by atoms with E-state index in [1.54, 1.807) is 6.33 Å². The maximum absolute atomic E-state index is 13.3. The molecule has 26 heavy (non-hydrogen) atoms. The summed E-state index contributed by atoms with van der Waals surface area (Å²) in [6.45, 7) is 3.85. The number of imidazole rings is 1. The zero-order valence-electron chi connectivity index (χ0n) is 15.6. The number of hydrogen-bond acceptors (Lipinski definition) is 3. The van der Waals surface area contributed by atoms with Crippen LogP contribution in [0.1, 0.15) is 21.9 Å². The second-order valence-corrected chi connectivity index (χ2v) is 7.23. The molecule has 0 unspecified atom stereocenters. The van der Waals surface area contributed by atoms with Crippen LogP contribution in [0.4, 0.5) is 0 Å². The third kappa shape index (κ3) is 3.76. The van der Waals surface area contributed by atoms with E-state index < -0.39 is 0 Å². The number of aromatic amines is 1. The molecule has 7 heteroatoms. The smallest absolute Gasteiger partial charge is 0.270 e. The predicted octanol–water partition coefficient (Wildman–Crippen LogP) is 3.07. The Balaban J connectivity index is 1.93. The lowest BCUT2D eigenvalue weighted by atomic mass is 10.2. The third-order valence-corrected chi connectivity index (χ3v) is 4.84. The van der Waals surface area contributed by atoms with E-state index >= 15 is 0 Å². The van der Waals surface area contributed by atoms with E-state index in [1.165, 1.54) is 0 Å². The van der Waals surface area contributed by atoms with Gasteiger partial charge in [0.05, 0.1) is 18.6 Å². The Bertz CT molecular complexity index is 927. The van der Waals surface area contributed by atoms with Gasteiger partial charge in [-0.15, -0.1) is 0 Å². The van der Waals surface area contributed by atoms with Gasteiger partial charge < -0.3 is 19.4 Å². The molecule has 3 rings (SSSR count). The van der Waals surface area contributed by atoms with Crippen LogP contribution in [0.25, 0.3) is 10.9 Å². The fraction of sp³-hybridized carbons (Fsp3) is 0.368. The van der Waals surface area contributed by atoms with Gasteiger partial charge in [0.15, 0.2) is 0 Å². The Morgan fingerprint density at radius 1 is 1.27 bits per heavy atom. The van der Waals surface area contributed by atoms with E-state index in [0.717, 1.165) is 28.8 Å². The highest BCUT2D eigenvalue weighted by molar-refractivity contribution is 6.31. The van der Waals surface area contributed by atoms with Crippen molar-refractivity contribution in [3.63, 3.8) is 0 Å². The lowest BCUT2D eigenvalue weighted by Gasteiger charge is -2.24. The average Bonchev–Trinajstić information content (AvgIpc) is 3.14. The first-order valence-electron chi connectivity index (χ1n) is 8.54. The van der Waals surface area contributed by atoms with Crippen molar-refractivity contribution in [1.29, 1.82) is 0 Å². The lowest BCUT2D eigenvalue weighted by Crippen LogP contribution is -2.37. The number of H-pyrrole nitrogens is 1. The number of nitrogens with one attached hydrogen (secondary N) is 1. The molecule has 0 spiro atoms. The predicted molar refractivity (Wildman–Crippen MR) is 105 cm³/mol. The maximum Gasteiger partial charge on any atom is 0.270 e. The molecule has 3 aromatic rings. The normalized spacial score (nSPS) is 11.5. The van der Waals surface area contributed by atoms with Gasteiger partial charge in [-0.05, 0) is 39.2 Å². The second-order valence-electron chi connectivity index (χ2n) is 6.80. The SMILES string of the molecule is Cc1[nH]cnc1CN(CCN(C)C)C(=O)c1cc2ccc(Cl)cc2n1C. The van der Waals surface area contributed by atoms with Crippen molar-refractivity contribution in [1.82, 2.24) is 24.3 Å². The summed E-state index contributed by atoms with van der Waals surface area (Å²) in [5, 5.41) is 1.66. The monoisotopic (exact) mass is 373 g/mol. The molecule has 1 aromatic carbocycles. The number of aryl methyl sites for hydroxylation is 2. The lowest BCUT2D eigenvalue weighted by molar-refractivity contribution is 0.0720. The summed E-state index contributed by atoms with van der Waals surface area (Å²) >= 11 is 6.11. The fourth-order valence-corrected chi connectivity index (χ4v) is 3.14. The molecule has 1 N–H and O–H groups in total. The standard InChI is InChI=1S/C19H24ClN5O/c1-13-16(22-12-21-13)11-25(8-7-23(2)3)19(26)18-9-14-5-6-15(20)10-17(14)24(18)4/h5-6,9-10,12H,7-8,11H2,1-4H3,(H,21,22). The van der Waals surface area contributed by atoms with E-state index in [4.69, 9.17) is 11.6 Å². The maximum atomic E-state index is 13.3. The summed E-state index contributed by atoms with van der Waals surface area (Å²) in [7, 11) is 5.90. The minimum atomic E-state index is -0.0101. The quantitative estimate of drug-likeness (QED) is 0.722. The highest BCUT2D eigenvalue weighted by atomic mass is 35.5. The summed E-state index contributed by atoms with van der Waals surface area (Å²) in [5.41, 5.74) is 3.47. The van der Waals surface area contributed by atoms with E-state index in [0.29, 0.717) is 23.8 Å². The van der Waals surface area contributed by atoms with Crippen LogP contribution in [0.15, 0.2) is 30.6 Å². The topological polar surface area (TPSA) is 57.2 Å². The fourth-order valence-electron chi connectivity index (χ4n) is 2.97. The largest absolute Gasteiger partial charge is 0.348 e. The number of aromatic nitrogens is 3. The van der Waals surface area contributed by atoms with E-state index in [2.05, 4.69) is 14.9 Å². The number of nitrogens with zero attached hydrogens (tertiary/aromatic N) is 4. The van der Waals surface area contributed by atoms with Crippen molar-refractivity contribution in [2.24, 2.45) is 7.05 Å². The van der Waals surface area contributed by atoms with Crippen molar-refractivity contribution in [3.8, 4) is 0 Å². The summed E-state index contributed by atoms with van der Waals surface area (Å²) in [5.74, 6) is -0.0101. The summed E-state index contributed by atoms with van der Waals surface area (Å²) in [6, 6.07) is 7.59. The van der Waals surface area contributed by atoms with Crippen LogP contribution in [0, 0.1) is 6.92 Å². The molecule has 0 saturated heterocycles. The van der Waals surface area contributed by atoms with Crippen molar-refractivity contribution >= 4 is 28.4 Å². The number of likely N-dealkylation sites (N-methyl/N-ethyl adjacent to an activating group) is 1. The Kier molecular flexibility index (Phi) is 5.34. The highest BCUT2D eigenvalue weighted by Gasteiger charge is 2.22. The number of hydrogen-bond donors (Lipinski definition) is 1. The van der Waals surface area contributed by atoms with Crippen LogP contribution in [-0.4, -0.2) is 57.4 Å². The molecule has 6 nitrogen and oxygen atoms in total. The van der Waals surface area contributed by atoms with Gasteiger partial charge in [0.1, 0.15) is 5.69 Å². The third-order valence-electron chi connectivity index (χ3n) is 4.61. The van der Waals surface area contributed by atoms with Crippen LogP contribution in [0.3, 0.4) is 0 Å². The van der Waals surface area contributed by atoms with E-state index in [-0.39, 0.29) is 5.91 Å². The van der Waals surface area contributed by atoms with Gasteiger partial charge in [0.2, 0.25) is 0 Å². The minimum absolute atomic E-state index is 0.0101. The first-order valence-corrected chi connectivity index (χ1v) is 8.92. The number of amides is 1. The van der Waals surface area contributed by atoms with Crippen LogP contribution < -0.4 is 0 Å². The molecular formula is C19H24ClN5O. The van der Waals surface area contributed by atoms with Crippen molar-refractivity contribution in [2.45, 2.75) is 13.5 Å². The van der Waals surface area contributed by atoms with Crippen LogP contribution in [-0.2, 0) is 13.6 Å². The molecule has 0 saturated carbocycles. The summed E-state index contributed by atoms with van der Waals surface area (Å²) in [6.07, 6.45) is 1.66. The van der Waals surface area contributed by atoms with Gasteiger partial charge >= 0.3 is 0 Å². The van der Waals surface area contributed by atoms with E-state index in [9.17, 15) is 4.79 Å². The van der Waals surface area contributed by atoms with Gasteiger partial charge in [0, 0.05) is 41.8 Å². The average molecular weight is 374 g/mol. The van der Waals surface area contributed by atoms with Gasteiger partial charge in [-0.1, -0.05) is 17.7 Å². The molecule has 1 amide bonds. The van der Waals surface area contributed by atoms with Gasteiger partial charge in [-0.25, -0.2) is 4.98 Å². The Hall–Kier alpha value is -2.31. The second kappa shape index (κ2) is 7.51. The van der Waals surface area contributed by atoms with Crippen LogP contribution in [0.2, 0.25) is 5.02 Å². The number of rotatable bonds is 6. The zero-order valence-corrected chi connectivity index (χ0v) is 16.3. The molecule has 0 aliphatic heterocycles. The van der Waals surface area contributed by atoms with Gasteiger partial charge in [0.25, 0.3) is 5.91 Å². The number of halogens is 1.